The third kappa shape index (κ3) is 3.86. The second-order valence-electron chi connectivity index (χ2n) is 4.32. The van der Waals surface area contributed by atoms with Gasteiger partial charge in [0.05, 0.1) is 12.6 Å². The summed E-state index contributed by atoms with van der Waals surface area (Å²) in [6.07, 6.45) is -1.85. The van der Waals surface area contributed by atoms with Crippen molar-refractivity contribution in [2.24, 2.45) is 0 Å². The molecule has 7 nitrogen and oxygen atoms in total. The number of rotatable bonds is 5. The molecular formula is C13H16N2O5. The normalized spacial score (nSPS) is 20.9. The first-order chi connectivity index (χ1) is 9.69. The standard InChI is InChI=1S/C13H16N2O5/c16-7-11-10(15-13(18)20-11)6-14-12(17)19-8-9-4-2-1-3-5-9/h1-5,10-11,16H,6-8H2,(H,14,17)(H,15,18)/t10-,11-/m1/s1. The van der Waals surface area contributed by atoms with Crippen LogP contribution in [0.15, 0.2) is 30.3 Å². The number of cyclic esters (lactones) is 1. The van der Waals surface area contributed by atoms with E-state index in [-0.39, 0.29) is 19.8 Å². The van der Waals surface area contributed by atoms with E-state index < -0.39 is 24.3 Å². The van der Waals surface area contributed by atoms with Crippen molar-refractivity contribution in [3.05, 3.63) is 35.9 Å². The zero-order chi connectivity index (χ0) is 14.4. The summed E-state index contributed by atoms with van der Waals surface area (Å²) >= 11 is 0. The van der Waals surface area contributed by atoms with Crippen molar-refractivity contribution in [3.8, 4) is 0 Å². The molecule has 1 aliphatic heterocycles. The van der Waals surface area contributed by atoms with Gasteiger partial charge >= 0.3 is 12.2 Å². The van der Waals surface area contributed by atoms with Gasteiger partial charge in [0.2, 0.25) is 0 Å². The molecule has 1 saturated heterocycles. The van der Waals surface area contributed by atoms with Gasteiger partial charge in [0.25, 0.3) is 0 Å². The summed E-state index contributed by atoms with van der Waals surface area (Å²) < 4.78 is 9.81. The minimum absolute atomic E-state index is 0.130. The minimum Gasteiger partial charge on any atom is -0.445 e. The summed E-state index contributed by atoms with van der Waals surface area (Å²) in [6, 6.07) is 8.82. The smallest absolute Gasteiger partial charge is 0.407 e. The Morgan fingerprint density at radius 1 is 1.40 bits per heavy atom. The van der Waals surface area contributed by atoms with E-state index in [2.05, 4.69) is 10.6 Å². The summed E-state index contributed by atoms with van der Waals surface area (Å²) in [6.45, 7) is -0.00162. The van der Waals surface area contributed by atoms with Gasteiger partial charge in [0, 0.05) is 6.54 Å². The van der Waals surface area contributed by atoms with Gasteiger partial charge in [-0.25, -0.2) is 9.59 Å². The molecule has 1 heterocycles. The summed E-state index contributed by atoms with van der Waals surface area (Å²) in [7, 11) is 0. The molecule has 108 valence electrons. The molecule has 0 unspecified atom stereocenters. The van der Waals surface area contributed by atoms with Gasteiger partial charge in [0.1, 0.15) is 12.7 Å². The van der Waals surface area contributed by atoms with E-state index in [1.165, 1.54) is 0 Å². The van der Waals surface area contributed by atoms with Crippen LogP contribution >= 0.6 is 0 Å². The predicted molar refractivity (Wildman–Crippen MR) is 68.9 cm³/mol. The highest BCUT2D eigenvalue weighted by molar-refractivity contribution is 5.71. The molecule has 2 rings (SSSR count). The minimum atomic E-state index is -0.656. The van der Waals surface area contributed by atoms with E-state index in [1.54, 1.807) is 0 Å². The fraction of sp³-hybridized carbons (Fsp3) is 0.385. The van der Waals surface area contributed by atoms with E-state index in [9.17, 15) is 9.59 Å². The number of benzene rings is 1. The Labute approximate surface area is 115 Å². The first-order valence-corrected chi connectivity index (χ1v) is 6.21. The average molecular weight is 280 g/mol. The van der Waals surface area contributed by atoms with Gasteiger partial charge in [0.15, 0.2) is 0 Å². The molecule has 0 aromatic heterocycles. The lowest BCUT2D eigenvalue weighted by molar-refractivity contribution is 0.0818. The molecule has 0 saturated carbocycles. The molecule has 1 aliphatic rings. The first kappa shape index (κ1) is 14.1. The van der Waals surface area contributed by atoms with Crippen molar-refractivity contribution >= 4 is 12.2 Å². The van der Waals surface area contributed by atoms with Crippen LogP contribution in [0.3, 0.4) is 0 Å². The number of nitrogens with one attached hydrogen (secondary N) is 2. The molecule has 7 heteroatoms. The lowest BCUT2D eigenvalue weighted by atomic mass is 10.2. The molecule has 2 atom stereocenters. The quantitative estimate of drug-likeness (QED) is 0.724. The summed E-state index contributed by atoms with van der Waals surface area (Å²) in [4.78, 5) is 22.5. The summed E-state index contributed by atoms with van der Waals surface area (Å²) in [5, 5.41) is 14.0. The zero-order valence-electron chi connectivity index (χ0n) is 10.7. The van der Waals surface area contributed by atoms with E-state index in [0.717, 1.165) is 5.56 Å². The molecule has 0 radical (unpaired) electrons. The number of hydrogen-bond acceptors (Lipinski definition) is 5. The molecule has 20 heavy (non-hydrogen) atoms. The average Bonchev–Trinajstić information content (AvgIpc) is 2.84. The van der Waals surface area contributed by atoms with Gasteiger partial charge in [-0.1, -0.05) is 30.3 Å². The molecule has 0 spiro atoms. The van der Waals surface area contributed by atoms with Crippen LogP contribution in [0.2, 0.25) is 0 Å². The number of ether oxygens (including phenoxy) is 2. The van der Waals surface area contributed by atoms with E-state index in [1.807, 2.05) is 30.3 Å². The number of aliphatic hydroxyl groups excluding tert-OH is 1. The Bertz CT molecular complexity index is 465. The Morgan fingerprint density at radius 3 is 2.85 bits per heavy atom. The molecule has 0 bridgehead atoms. The van der Waals surface area contributed by atoms with Crippen LogP contribution in [0.25, 0.3) is 0 Å². The van der Waals surface area contributed by atoms with E-state index >= 15 is 0 Å². The van der Waals surface area contributed by atoms with Gasteiger partial charge in [-0.05, 0) is 5.56 Å². The van der Waals surface area contributed by atoms with E-state index in [4.69, 9.17) is 14.6 Å². The summed E-state index contributed by atoms with van der Waals surface area (Å²) in [5.74, 6) is 0. The zero-order valence-corrected chi connectivity index (χ0v) is 10.7. The highest BCUT2D eigenvalue weighted by atomic mass is 16.6. The molecule has 1 aromatic carbocycles. The van der Waals surface area contributed by atoms with Gasteiger partial charge in [-0.3, -0.25) is 0 Å². The van der Waals surface area contributed by atoms with Crippen molar-refractivity contribution in [1.29, 1.82) is 0 Å². The number of aliphatic hydroxyl groups is 1. The highest BCUT2D eigenvalue weighted by Gasteiger charge is 2.33. The Hall–Kier alpha value is -2.28. The second-order valence-corrected chi connectivity index (χ2v) is 4.32. The molecule has 2 amide bonds. The Balaban J connectivity index is 1.71. The van der Waals surface area contributed by atoms with Crippen molar-refractivity contribution in [3.63, 3.8) is 0 Å². The Kier molecular flexibility index (Phi) is 4.78. The molecule has 1 aromatic rings. The lowest BCUT2D eigenvalue weighted by Crippen LogP contribution is -2.44. The molecule has 0 aliphatic carbocycles. The molecule has 1 fully saturated rings. The Morgan fingerprint density at radius 2 is 2.15 bits per heavy atom. The number of amides is 2. The van der Waals surface area contributed by atoms with Crippen molar-refractivity contribution in [2.45, 2.75) is 18.8 Å². The lowest BCUT2D eigenvalue weighted by Gasteiger charge is -2.15. The van der Waals surface area contributed by atoms with Crippen LogP contribution in [0.4, 0.5) is 9.59 Å². The monoisotopic (exact) mass is 280 g/mol. The third-order valence-electron chi connectivity index (χ3n) is 2.87. The largest absolute Gasteiger partial charge is 0.445 e. The van der Waals surface area contributed by atoms with Gasteiger partial charge in [-0.15, -0.1) is 0 Å². The fourth-order valence-electron chi connectivity index (χ4n) is 1.81. The number of carbonyl (C=O) groups is 2. The fourth-order valence-corrected chi connectivity index (χ4v) is 1.81. The first-order valence-electron chi connectivity index (χ1n) is 6.21. The van der Waals surface area contributed by atoms with Crippen molar-refractivity contribution < 1.29 is 24.2 Å². The number of hydrogen-bond donors (Lipinski definition) is 3. The molecular weight excluding hydrogens is 264 g/mol. The van der Waals surface area contributed by atoms with Crippen LogP contribution < -0.4 is 10.6 Å². The van der Waals surface area contributed by atoms with Gasteiger partial charge in [-0.2, -0.15) is 0 Å². The second kappa shape index (κ2) is 6.76. The van der Waals surface area contributed by atoms with Crippen molar-refractivity contribution in [2.75, 3.05) is 13.2 Å². The van der Waals surface area contributed by atoms with Crippen LogP contribution in [0, 0.1) is 0 Å². The predicted octanol–water partition coefficient (Wildman–Crippen LogP) is 0.382. The summed E-state index contributed by atoms with van der Waals surface area (Å²) in [5.41, 5.74) is 0.883. The van der Waals surface area contributed by atoms with Crippen LogP contribution in [0.5, 0.6) is 0 Å². The number of carbonyl (C=O) groups excluding carboxylic acids is 2. The van der Waals surface area contributed by atoms with Crippen LogP contribution in [0.1, 0.15) is 5.56 Å². The van der Waals surface area contributed by atoms with E-state index in [0.29, 0.717) is 0 Å². The van der Waals surface area contributed by atoms with Crippen LogP contribution in [-0.4, -0.2) is 42.6 Å². The van der Waals surface area contributed by atoms with Crippen molar-refractivity contribution in [1.82, 2.24) is 10.6 Å². The maximum Gasteiger partial charge on any atom is 0.407 e. The highest BCUT2D eigenvalue weighted by Crippen LogP contribution is 2.07. The third-order valence-corrected chi connectivity index (χ3v) is 2.87. The number of alkyl carbamates (subject to hydrolysis) is 2. The maximum atomic E-state index is 11.5. The maximum absolute atomic E-state index is 11.5. The molecule has 3 N–H and O–H groups in total. The topological polar surface area (TPSA) is 96.9 Å². The van der Waals surface area contributed by atoms with Crippen LogP contribution in [-0.2, 0) is 16.1 Å². The SMILES string of the molecule is O=C(NC[C@H]1NC(=O)O[C@@H]1CO)OCc1ccccc1. The van der Waals surface area contributed by atoms with Gasteiger partial charge < -0.3 is 25.2 Å².